The second-order valence-electron chi connectivity index (χ2n) is 5.69. The number of nitrogens with zero attached hydrogens (tertiary/aromatic N) is 1. The number of carbonyl (C=O) groups is 1. The summed E-state index contributed by atoms with van der Waals surface area (Å²) < 4.78 is 0. The smallest absolute Gasteiger partial charge is 0.220 e. The van der Waals surface area contributed by atoms with Gasteiger partial charge in [-0.2, -0.15) is 0 Å². The largest absolute Gasteiger partial charge is 0.388 e. The maximum Gasteiger partial charge on any atom is 0.220 e. The molecule has 1 amide bonds. The lowest BCUT2D eigenvalue weighted by molar-refractivity contribution is -0.122. The van der Waals surface area contributed by atoms with E-state index < -0.39 is 5.60 Å². The molecule has 1 unspecified atom stereocenters. The number of rotatable bonds is 7. The van der Waals surface area contributed by atoms with Crippen molar-refractivity contribution in [2.75, 3.05) is 6.54 Å². The number of amides is 1. The highest BCUT2D eigenvalue weighted by Crippen LogP contribution is 2.15. The van der Waals surface area contributed by atoms with Crippen molar-refractivity contribution in [1.29, 1.82) is 0 Å². The van der Waals surface area contributed by atoms with Gasteiger partial charge in [0.1, 0.15) is 0 Å². The second-order valence-corrected chi connectivity index (χ2v) is 5.69. The maximum atomic E-state index is 11.7. The Balaban J connectivity index is 2.28. The molecule has 1 heterocycles. The Morgan fingerprint density at radius 3 is 2.79 bits per heavy atom. The highest BCUT2D eigenvalue weighted by atomic mass is 16.3. The van der Waals surface area contributed by atoms with E-state index in [4.69, 9.17) is 0 Å². The lowest BCUT2D eigenvalue weighted by Crippen LogP contribution is -2.41. The number of aryl methyl sites for hydroxylation is 1. The summed E-state index contributed by atoms with van der Waals surface area (Å²) in [4.78, 5) is 15.9. The van der Waals surface area contributed by atoms with E-state index in [0.29, 0.717) is 31.7 Å². The van der Waals surface area contributed by atoms with Crippen LogP contribution in [0.2, 0.25) is 0 Å². The molecule has 0 saturated heterocycles. The van der Waals surface area contributed by atoms with E-state index in [-0.39, 0.29) is 5.91 Å². The first kappa shape index (κ1) is 15.6. The number of aromatic nitrogens is 1. The predicted octanol–water partition coefficient (Wildman–Crippen LogP) is 1.93. The van der Waals surface area contributed by atoms with E-state index in [1.54, 1.807) is 13.1 Å². The summed E-state index contributed by atoms with van der Waals surface area (Å²) in [5, 5.41) is 12.9. The van der Waals surface area contributed by atoms with Crippen LogP contribution >= 0.6 is 0 Å². The fraction of sp³-hybridized carbons (Fsp3) is 0.600. The van der Waals surface area contributed by atoms with Crippen molar-refractivity contribution in [2.45, 2.75) is 45.6 Å². The number of pyridine rings is 1. The van der Waals surface area contributed by atoms with Gasteiger partial charge in [-0.15, -0.1) is 0 Å². The van der Waals surface area contributed by atoms with Gasteiger partial charge >= 0.3 is 0 Å². The Morgan fingerprint density at radius 2 is 2.21 bits per heavy atom. The molecule has 106 valence electrons. The Kier molecular flexibility index (Phi) is 5.96. The van der Waals surface area contributed by atoms with Gasteiger partial charge in [0.05, 0.1) is 5.60 Å². The minimum atomic E-state index is -0.838. The number of nitrogens with one attached hydrogen (secondary N) is 1. The third kappa shape index (κ3) is 6.91. The monoisotopic (exact) mass is 264 g/mol. The molecule has 0 aromatic carbocycles. The summed E-state index contributed by atoms with van der Waals surface area (Å²) in [5.41, 5.74) is 0.0704. The molecule has 1 aromatic rings. The molecule has 4 heteroatoms. The zero-order chi connectivity index (χ0) is 14.3. The third-order valence-electron chi connectivity index (χ3n) is 2.85. The molecule has 0 aliphatic carbocycles. The van der Waals surface area contributed by atoms with Crippen LogP contribution in [0.25, 0.3) is 0 Å². The standard InChI is InChI=1S/C15H24N2O2/c1-12(2)10-15(3,19)11-17-14(18)8-7-13-6-4-5-9-16-13/h4-6,9,12,19H,7-8,10-11H2,1-3H3,(H,17,18). The number of hydrogen-bond acceptors (Lipinski definition) is 3. The molecule has 0 aliphatic heterocycles. The van der Waals surface area contributed by atoms with Gasteiger partial charge in [-0.3, -0.25) is 9.78 Å². The highest BCUT2D eigenvalue weighted by Gasteiger charge is 2.22. The second kappa shape index (κ2) is 7.24. The lowest BCUT2D eigenvalue weighted by atomic mass is 9.94. The van der Waals surface area contributed by atoms with Crippen LogP contribution in [0.4, 0.5) is 0 Å². The van der Waals surface area contributed by atoms with Crippen LogP contribution in [0, 0.1) is 5.92 Å². The van der Waals surface area contributed by atoms with Crippen molar-refractivity contribution in [3.05, 3.63) is 30.1 Å². The normalized spacial score (nSPS) is 14.2. The minimum Gasteiger partial charge on any atom is -0.388 e. The van der Waals surface area contributed by atoms with Crippen molar-refractivity contribution < 1.29 is 9.90 Å². The summed E-state index contributed by atoms with van der Waals surface area (Å²) >= 11 is 0. The van der Waals surface area contributed by atoms with E-state index in [1.807, 2.05) is 18.2 Å². The van der Waals surface area contributed by atoms with Crippen molar-refractivity contribution in [3.8, 4) is 0 Å². The van der Waals surface area contributed by atoms with Gasteiger partial charge in [-0.1, -0.05) is 19.9 Å². The van der Waals surface area contributed by atoms with Gasteiger partial charge in [-0.05, 0) is 37.8 Å². The van der Waals surface area contributed by atoms with Crippen molar-refractivity contribution in [1.82, 2.24) is 10.3 Å². The topological polar surface area (TPSA) is 62.2 Å². The Hall–Kier alpha value is -1.42. The Bertz CT molecular complexity index is 388. The van der Waals surface area contributed by atoms with E-state index >= 15 is 0 Å². The molecule has 0 radical (unpaired) electrons. The van der Waals surface area contributed by atoms with Gasteiger partial charge in [0.25, 0.3) is 0 Å². The van der Waals surface area contributed by atoms with Crippen LogP contribution in [0.1, 0.15) is 39.3 Å². The van der Waals surface area contributed by atoms with E-state index in [1.165, 1.54) is 0 Å². The van der Waals surface area contributed by atoms with Gasteiger partial charge in [-0.25, -0.2) is 0 Å². The van der Waals surface area contributed by atoms with Crippen LogP contribution in [0.3, 0.4) is 0 Å². The summed E-state index contributed by atoms with van der Waals surface area (Å²) in [6.07, 6.45) is 3.42. The molecular formula is C15H24N2O2. The summed E-state index contributed by atoms with van der Waals surface area (Å²) in [6.45, 7) is 6.16. The summed E-state index contributed by atoms with van der Waals surface area (Å²) in [5.74, 6) is 0.357. The Morgan fingerprint density at radius 1 is 1.47 bits per heavy atom. The molecule has 0 spiro atoms. The lowest BCUT2D eigenvalue weighted by Gasteiger charge is -2.25. The first-order chi connectivity index (χ1) is 8.89. The van der Waals surface area contributed by atoms with E-state index in [9.17, 15) is 9.90 Å². The van der Waals surface area contributed by atoms with Crippen LogP contribution in [-0.4, -0.2) is 28.1 Å². The maximum absolute atomic E-state index is 11.7. The van der Waals surface area contributed by atoms with Crippen LogP contribution in [0.15, 0.2) is 24.4 Å². The molecule has 0 fully saturated rings. The molecule has 19 heavy (non-hydrogen) atoms. The average Bonchev–Trinajstić information content (AvgIpc) is 2.34. The van der Waals surface area contributed by atoms with E-state index in [0.717, 1.165) is 5.69 Å². The molecular weight excluding hydrogens is 240 g/mol. The van der Waals surface area contributed by atoms with Crippen molar-refractivity contribution in [2.24, 2.45) is 5.92 Å². The number of hydrogen-bond donors (Lipinski definition) is 2. The van der Waals surface area contributed by atoms with Crippen LogP contribution in [-0.2, 0) is 11.2 Å². The molecule has 0 aliphatic rings. The van der Waals surface area contributed by atoms with Gasteiger partial charge in [0.15, 0.2) is 0 Å². The number of aliphatic hydroxyl groups is 1. The zero-order valence-corrected chi connectivity index (χ0v) is 12.0. The van der Waals surface area contributed by atoms with E-state index in [2.05, 4.69) is 24.1 Å². The molecule has 1 rings (SSSR count). The summed E-state index contributed by atoms with van der Waals surface area (Å²) in [7, 11) is 0. The average molecular weight is 264 g/mol. The summed E-state index contributed by atoms with van der Waals surface area (Å²) in [6, 6.07) is 5.67. The molecule has 0 saturated carbocycles. The fourth-order valence-corrected chi connectivity index (χ4v) is 2.12. The van der Waals surface area contributed by atoms with Crippen LogP contribution < -0.4 is 5.32 Å². The van der Waals surface area contributed by atoms with Crippen molar-refractivity contribution in [3.63, 3.8) is 0 Å². The predicted molar refractivity (Wildman–Crippen MR) is 75.6 cm³/mol. The quantitative estimate of drug-likeness (QED) is 0.791. The number of carbonyl (C=O) groups excluding carboxylic acids is 1. The van der Waals surface area contributed by atoms with Crippen LogP contribution in [0.5, 0.6) is 0 Å². The minimum absolute atomic E-state index is 0.0466. The SMILES string of the molecule is CC(C)CC(C)(O)CNC(=O)CCc1ccccn1. The van der Waals surface area contributed by atoms with Gasteiger partial charge in [0, 0.05) is 24.9 Å². The molecule has 4 nitrogen and oxygen atoms in total. The first-order valence-electron chi connectivity index (χ1n) is 6.78. The molecule has 0 bridgehead atoms. The fourth-order valence-electron chi connectivity index (χ4n) is 2.12. The van der Waals surface area contributed by atoms with Crippen molar-refractivity contribution >= 4 is 5.91 Å². The Labute approximate surface area is 115 Å². The van der Waals surface area contributed by atoms with Gasteiger partial charge < -0.3 is 10.4 Å². The first-order valence-corrected chi connectivity index (χ1v) is 6.78. The molecule has 1 aromatic heterocycles. The van der Waals surface area contributed by atoms with Gasteiger partial charge in [0.2, 0.25) is 5.91 Å². The third-order valence-corrected chi connectivity index (χ3v) is 2.85. The zero-order valence-electron chi connectivity index (χ0n) is 12.0. The molecule has 1 atom stereocenters. The molecule has 2 N–H and O–H groups in total. The highest BCUT2D eigenvalue weighted by molar-refractivity contribution is 5.76.